The van der Waals surface area contributed by atoms with Crippen molar-refractivity contribution >= 4 is 5.97 Å². The third kappa shape index (κ3) is 4.04. The van der Waals surface area contributed by atoms with Gasteiger partial charge in [-0.3, -0.25) is 4.79 Å². The van der Waals surface area contributed by atoms with Crippen LogP contribution in [0, 0.1) is 26.6 Å². The van der Waals surface area contributed by atoms with Crippen molar-refractivity contribution in [2.24, 2.45) is 5.73 Å². The summed E-state index contributed by atoms with van der Waals surface area (Å²) in [4.78, 5) is 10.9. The molecule has 140 valence electrons. The average Bonchev–Trinajstić information content (AvgIpc) is 2.48. The number of benzene rings is 2. The minimum Gasteiger partial charge on any atom is -0.481 e. The molecule has 0 heterocycles. The summed E-state index contributed by atoms with van der Waals surface area (Å²) in [5, 5.41) is 8.88. The molecule has 0 fully saturated rings. The average molecular weight is 369 g/mol. The third-order valence-electron chi connectivity index (χ3n) is 4.23. The van der Waals surface area contributed by atoms with Gasteiger partial charge in [0.05, 0.1) is 12.0 Å². The van der Waals surface area contributed by atoms with Gasteiger partial charge in [0.15, 0.2) is 0 Å². The van der Waals surface area contributed by atoms with Crippen molar-refractivity contribution in [3.8, 4) is 11.1 Å². The number of rotatable bonds is 4. The fourth-order valence-corrected chi connectivity index (χ4v) is 3.09. The van der Waals surface area contributed by atoms with Crippen LogP contribution in [0.15, 0.2) is 24.3 Å². The van der Waals surface area contributed by atoms with E-state index in [1.54, 1.807) is 13.8 Å². The number of aryl methyl sites for hydroxylation is 3. The molecule has 2 rings (SSSR count). The van der Waals surface area contributed by atoms with Gasteiger partial charge in [-0.2, -0.15) is 13.2 Å². The molecule has 0 aliphatic rings. The number of aliphatic carboxylic acids is 1. The molecular weight excluding hydrogens is 350 g/mol. The molecule has 2 aromatic rings. The Balaban J connectivity index is 2.63. The van der Waals surface area contributed by atoms with Crippen LogP contribution in [0.3, 0.4) is 0 Å². The lowest BCUT2D eigenvalue weighted by Crippen LogP contribution is -2.17. The molecule has 0 aromatic heterocycles. The molecule has 0 aliphatic heterocycles. The first-order valence-electron chi connectivity index (χ1n) is 7.88. The molecule has 26 heavy (non-hydrogen) atoms. The van der Waals surface area contributed by atoms with Crippen LogP contribution in [0.2, 0.25) is 0 Å². The Labute approximate surface area is 148 Å². The van der Waals surface area contributed by atoms with Gasteiger partial charge < -0.3 is 10.8 Å². The highest BCUT2D eigenvalue weighted by molar-refractivity contribution is 5.73. The van der Waals surface area contributed by atoms with Gasteiger partial charge in [0.25, 0.3) is 0 Å². The first-order valence-corrected chi connectivity index (χ1v) is 7.88. The van der Waals surface area contributed by atoms with E-state index in [-0.39, 0.29) is 11.1 Å². The Morgan fingerprint density at radius 3 is 2.08 bits per heavy atom. The molecule has 0 aliphatic carbocycles. The Morgan fingerprint density at radius 2 is 1.62 bits per heavy atom. The largest absolute Gasteiger partial charge is 0.481 e. The predicted molar refractivity (Wildman–Crippen MR) is 90.2 cm³/mol. The van der Waals surface area contributed by atoms with Gasteiger partial charge in [0, 0.05) is 11.6 Å². The number of halogens is 4. The van der Waals surface area contributed by atoms with E-state index in [9.17, 15) is 22.4 Å². The zero-order chi connectivity index (χ0) is 19.8. The molecule has 2 aromatic carbocycles. The SMILES string of the molecule is Cc1cc(-c2c(C)cc(C(F)(F)F)cc2C)cc(C(N)CC(=O)O)c1F. The second-order valence-electron chi connectivity index (χ2n) is 6.38. The lowest BCUT2D eigenvalue weighted by molar-refractivity contribution is -0.138. The Kier molecular flexibility index (Phi) is 5.41. The zero-order valence-electron chi connectivity index (χ0n) is 14.5. The fraction of sp³-hybridized carbons (Fsp3) is 0.316. The van der Waals surface area contributed by atoms with E-state index in [1.165, 1.54) is 19.1 Å². The van der Waals surface area contributed by atoms with Crippen LogP contribution in [0.25, 0.3) is 11.1 Å². The Bertz CT molecular complexity index is 836. The highest BCUT2D eigenvalue weighted by Gasteiger charge is 2.31. The summed E-state index contributed by atoms with van der Waals surface area (Å²) in [7, 11) is 0. The van der Waals surface area contributed by atoms with Crippen LogP contribution in [0.5, 0.6) is 0 Å². The van der Waals surface area contributed by atoms with E-state index in [1.807, 2.05) is 0 Å². The third-order valence-corrected chi connectivity index (χ3v) is 4.23. The maximum Gasteiger partial charge on any atom is 0.416 e. The summed E-state index contributed by atoms with van der Waals surface area (Å²) in [6.07, 6.45) is -4.91. The quantitative estimate of drug-likeness (QED) is 0.753. The van der Waals surface area contributed by atoms with E-state index >= 15 is 0 Å². The minimum absolute atomic E-state index is 0.0288. The molecule has 0 radical (unpaired) electrons. The number of alkyl halides is 3. The van der Waals surface area contributed by atoms with Crippen molar-refractivity contribution < 1.29 is 27.5 Å². The van der Waals surface area contributed by atoms with Gasteiger partial charge in [-0.25, -0.2) is 4.39 Å². The number of nitrogens with two attached hydrogens (primary N) is 1. The molecule has 1 atom stereocenters. The number of carboxylic acid groups (broad SMARTS) is 1. The van der Waals surface area contributed by atoms with E-state index in [4.69, 9.17) is 10.8 Å². The van der Waals surface area contributed by atoms with E-state index in [0.29, 0.717) is 22.3 Å². The van der Waals surface area contributed by atoms with Crippen LogP contribution in [0.1, 0.15) is 40.3 Å². The number of carbonyl (C=O) groups is 1. The molecule has 7 heteroatoms. The first-order chi connectivity index (χ1) is 11.9. The normalized spacial score (nSPS) is 12.9. The highest BCUT2D eigenvalue weighted by Crippen LogP contribution is 2.37. The topological polar surface area (TPSA) is 63.3 Å². The lowest BCUT2D eigenvalue weighted by Gasteiger charge is -2.18. The van der Waals surface area contributed by atoms with Crippen LogP contribution in [-0.2, 0) is 11.0 Å². The second kappa shape index (κ2) is 7.07. The molecule has 0 spiro atoms. The van der Waals surface area contributed by atoms with Crippen LogP contribution in [0.4, 0.5) is 17.6 Å². The molecule has 0 saturated carbocycles. The van der Waals surface area contributed by atoms with Crippen molar-refractivity contribution in [2.45, 2.75) is 39.4 Å². The van der Waals surface area contributed by atoms with Crippen molar-refractivity contribution in [3.63, 3.8) is 0 Å². The van der Waals surface area contributed by atoms with Gasteiger partial charge in [-0.15, -0.1) is 0 Å². The minimum atomic E-state index is -4.46. The summed E-state index contributed by atoms with van der Waals surface area (Å²) in [5.41, 5.74) is 7.15. The molecule has 1 unspecified atom stereocenters. The smallest absolute Gasteiger partial charge is 0.416 e. The van der Waals surface area contributed by atoms with E-state index in [0.717, 1.165) is 12.1 Å². The van der Waals surface area contributed by atoms with Crippen molar-refractivity contribution in [1.29, 1.82) is 0 Å². The van der Waals surface area contributed by atoms with E-state index < -0.39 is 36.0 Å². The monoisotopic (exact) mass is 369 g/mol. The molecule has 0 bridgehead atoms. The molecule has 0 saturated heterocycles. The van der Waals surface area contributed by atoms with Crippen LogP contribution >= 0.6 is 0 Å². The van der Waals surface area contributed by atoms with Crippen molar-refractivity contribution in [2.75, 3.05) is 0 Å². The van der Waals surface area contributed by atoms with Crippen molar-refractivity contribution in [3.05, 3.63) is 57.9 Å². The number of hydrogen-bond acceptors (Lipinski definition) is 2. The standard InChI is InChI=1S/C19H19F4NO2/c1-9-5-13(19(21,22)23)6-10(2)17(9)12-4-11(3)18(20)14(7-12)15(24)8-16(25)26/h4-7,15H,8,24H2,1-3H3,(H,25,26). The first kappa shape index (κ1) is 19.9. The number of hydrogen-bond donors (Lipinski definition) is 2. The van der Waals surface area contributed by atoms with Gasteiger partial charge >= 0.3 is 12.1 Å². The van der Waals surface area contributed by atoms with Crippen molar-refractivity contribution in [1.82, 2.24) is 0 Å². The molecule has 0 amide bonds. The van der Waals surface area contributed by atoms with Gasteiger partial charge in [-0.1, -0.05) is 0 Å². The molecular formula is C19H19F4NO2. The van der Waals surface area contributed by atoms with E-state index in [2.05, 4.69) is 0 Å². The maximum absolute atomic E-state index is 14.4. The van der Waals surface area contributed by atoms with Crippen LogP contribution in [-0.4, -0.2) is 11.1 Å². The summed E-state index contributed by atoms with van der Waals surface area (Å²) in [5.74, 6) is -1.77. The zero-order valence-corrected chi connectivity index (χ0v) is 14.5. The summed E-state index contributed by atoms with van der Waals surface area (Å²) >= 11 is 0. The van der Waals surface area contributed by atoms with Gasteiger partial charge in [0.1, 0.15) is 5.82 Å². The second-order valence-corrected chi connectivity index (χ2v) is 6.38. The maximum atomic E-state index is 14.4. The Hall–Kier alpha value is -2.41. The van der Waals surface area contributed by atoms with Crippen LogP contribution < -0.4 is 5.73 Å². The lowest BCUT2D eigenvalue weighted by atomic mass is 9.89. The molecule has 3 nitrogen and oxygen atoms in total. The summed E-state index contributed by atoms with van der Waals surface area (Å²) < 4.78 is 53.3. The predicted octanol–water partition coefficient (Wildman–Crippen LogP) is 4.91. The highest BCUT2D eigenvalue weighted by atomic mass is 19.4. The van der Waals surface area contributed by atoms with Gasteiger partial charge in [0.2, 0.25) is 0 Å². The fourth-order valence-electron chi connectivity index (χ4n) is 3.09. The number of carboxylic acids is 1. The summed E-state index contributed by atoms with van der Waals surface area (Å²) in [6, 6.07) is 3.96. The Morgan fingerprint density at radius 1 is 1.08 bits per heavy atom. The summed E-state index contributed by atoms with van der Waals surface area (Å²) in [6.45, 7) is 4.60. The van der Waals surface area contributed by atoms with Gasteiger partial charge in [-0.05, 0) is 72.9 Å². The molecule has 3 N–H and O–H groups in total.